The number of rotatable bonds is 6. The van der Waals surface area contributed by atoms with E-state index in [2.05, 4.69) is 0 Å². The van der Waals surface area contributed by atoms with Crippen molar-refractivity contribution in [1.29, 1.82) is 0 Å². The highest BCUT2D eigenvalue weighted by Crippen LogP contribution is 2.25. The lowest BCUT2D eigenvalue weighted by atomic mass is 9.86. The van der Waals surface area contributed by atoms with Gasteiger partial charge in [0.05, 0.1) is 0 Å². The number of benzene rings is 2. The molecule has 1 aliphatic carbocycles. The first kappa shape index (κ1) is 16.5. The van der Waals surface area contributed by atoms with Crippen molar-refractivity contribution in [1.82, 2.24) is 0 Å². The highest BCUT2D eigenvalue weighted by molar-refractivity contribution is 5.95. The zero-order valence-electron chi connectivity index (χ0n) is 14.0. The molecule has 0 aliphatic heterocycles. The van der Waals surface area contributed by atoms with Crippen LogP contribution in [-0.2, 0) is 11.4 Å². The summed E-state index contributed by atoms with van der Waals surface area (Å²) in [5, 5.41) is 0. The van der Waals surface area contributed by atoms with Gasteiger partial charge in [0.1, 0.15) is 12.4 Å². The van der Waals surface area contributed by atoms with Gasteiger partial charge in [-0.25, -0.2) is 0 Å². The van der Waals surface area contributed by atoms with Crippen molar-refractivity contribution in [2.24, 2.45) is 5.92 Å². The molecule has 0 radical (unpaired) electrons. The van der Waals surface area contributed by atoms with Crippen molar-refractivity contribution in [2.75, 3.05) is 0 Å². The van der Waals surface area contributed by atoms with Crippen molar-refractivity contribution < 1.29 is 9.53 Å². The van der Waals surface area contributed by atoms with E-state index in [-0.39, 0.29) is 11.7 Å². The minimum atomic E-state index is 0.239. The highest BCUT2D eigenvalue weighted by atomic mass is 16.5. The Hall–Kier alpha value is -2.35. The molecule has 0 atom stereocenters. The molecule has 0 N–H and O–H groups in total. The van der Waals surface area contributed by atoms with Crippen LogP contribution >= 0.6 is 0 Å². The van der Waals surface area contributed by atoms with Crippen LogP contribution < -0.4 is 4.74 Å². The lowest BCUT2D eigenvalue weighted by Crippen LogP contribution is -2.15. The molecule has 24 heavy (non-hydrogen) atoms. The Kier molecular flexibility index (Phi) is 5.84. The Morgan fingerprint density at radius 1 is 0.958 bits per heavy atom. The van der Waals surface area contributed by atoms with Crippen molar-refractivity contribution in [3.63, 3.8) is 0 Å². The minimum Gasteiger partial charge on any atom is -0.489 e. The second-order valence-electron chi connectivity index (χ2n) is 6.41. The Labute approximate surface area is 144 Å². The zero-order chi connectivity index (χ0) is 16.6. The molecule has 2 aromatic carbocycles. The van der Waals surface area contributed by atoms with Crippen LogP contribution in [0.1, 0.15) is 43.2 Å². The molecule has 3 rings (SSSR count). The largest absolute Gasteiger partial charge is 0.489 e. The van der Waals surface area contributed by atoms with E-state index in [1.807, 2.05) is 60.7 Å². The van der Waals surface area contributed by atoms with Crippen LogP contribution in [0.2, 0.25) is 0 Å². The fraction of sp³-hybridized carbons (Fsp3) is 0.318. The monoisotopic (exact) mass is 320 g/mol. The van der Waals surface area contributed by atoms with E-state index in [1.165, 1.54) is 19.3 Å². The number of carbonyl (C=O) groups excluding carboxylic acids is 1. The summed E-state index contributed by atoms with van der Waals surface area (Å²) in [4.78, 5) is 12.2. The van der Waals surface area contributed by atoms with Gasteiger partial charge in [-0.15, -0.1) is 0 Å². The van der Waals surface area contributed by atoms with E-state index in [0.717, 1.165) is 29.7 Å². The third kappa shape index (κ3) is 4.82. The van der Waals surface area contributed by atoms with Crippen LogP contribution in [-0.4, -0.2) is 5.78 Å². The molecule has 0 heterocycles. The number of hydrogen-bond donors (Lipinski definition) is 0. The Morgan fingerprint density at radius 2 is 1.67 bits per heavy atom. The molecule has 1 fully saturated rings. The van der Waals surface area contributed by atoms with Gasteiger partial charge in [0, 0.05) is 5.92 Å². The smallest absolute Gasteiger partial charge is 0.158 e. The number of hydrogen-bond acceptors (Lipinski definition) is 2. The second-order valence-corrected chi connectivity index (χ2v) is 6.41. The quantitative estimate of drug-likeness (QED) is 0.664. The van der Waals surface area contributed by atoms with Gasteiger partial charge in [0.25, 0.3) is 0 Å². The average molecular weight is 320 g/mol. The van der Waals surface area contributed by atoms with Gasteiger partial charge in [0.15, 0.2) is 5.78 Å². The van der Waals surface area contributed by atoms with Gasteiger partial charge in [-0.3, -0.25) is 4.79 Å². The summed E-state index contributed by atoms with van der Waals surface area (Å²) in [6.07, 6.45) is 9.42. The molecule has 0 aromatic heterocycles. The first-order chi connectivity index (χ1) is 11.8. The Morgan fingerprint density at radius 3 is 2.38 bits per heavy atom. The summed E-state index contributed by atoms with van der Waals surface area (Å²) >= 11 is 0. The molecule has 0 spiro atoms. The summed E-state index contributed by atoms with van der Waals surface area (Å²) < 4.78 is 5.78. The fourth-order valence-electron chi connectivity index (χ4n) is 3.12. The number of allylic oxidation sites excluding steroid dienone is 1. The maximum atomic E-state index is 12.2. The predicted molar refractivity (Wildman–Crippen MR) is 97.8 cm³/mol. The molecule has 0 bridgehead atoms. The molecule has 1 aliphatic rings. The summed E-state index contributed by atoms with van der Waals surface area (Å²) in [5.74, 6) is 1.36. The third-order valence-electron chi connectivity index (χ3n) is 4.58. The molecule has 2 aromatic rings. The second kappa shape index (κ2) is 8.49. The fourth-order valence-corrected chi connectivity index (χ4v) is 3.12. The molecule has 2 nitrogen and oxygen atoms in total. The number of ketones is 1. The first-order valence-corrected chi connectivity index (χ1v) is 8.80. The maximum absolute atomic E-state index is 12.2. The van der Waals surface area contributed by atoms with E-state index in [1.54, 1.807) is 6.08 Å². The molecule has 0 saturated heterocycles. The van der Waals surface area contributed by atoms with E-state index in [9.17, 15) is 4.79 Å². The molecule has 0 amide bonds. The van der Waals surface area contributed by atoms with Crippen molar-refractivity contribution in [3.8, 4) is 5.75 Å². The summed E-state index contributed by atoms with van der Waals surface area (Å²) in [6.45, 7) is 0.566. The van der Waals surface area contributed by atoms with E-state index < -0.39 is 0 Å². The van der Waals surface area contributed by atoms with Crippen LogP contribution in [0, 0.1) is 5.92 Å². The van der Waals surface area contributed by atoms with Crippen LogP contribution in [0.4, 0.5) is 0 Å². The van der Waals surface area contributed by atoms with Crippen molar-refractivity contribution in [2.45, 2.75) is 38.7 Å². The Bertz CT molecular complexity index is 665. The van der Waals surface area contributed by atoms with Gasteiger partial charge in [-0.2, -0.15) is 0 Å². The normalized spacial score (nSPS) is 15.5. The van der Waals surface area contributed by atoms with Gasteiger partial charge in [0.2, 0.25) is 0 Å². The van der Waals surface area contributed by atoms with Gasteiger partial charge in [-0.1, -0.05) is 67.8 Å². The maximum Gasteiger partial charge on any atom is 0.158 e. The van der Waals surface area contributed by atoms with E-state index >= 15 is 0 Å². The number of ether oxygens (including phenoxy) is 1. The molecular formula is C22H24O2. The SMILES string of the molecule is O=C(/C=C/c1ccc(OCc2ccccc2)cc1)C1CCCCC1. The highest BCUT2D eigenvalue weighted by Gasteiger charge is 2.18. The van der Waals surface area contributed by atoms with Crippen LogP contribution in [0.3, 0.4) is 0 Å². The molecule has 2 heteroatoms. The van der Waals surface area contributed by atoms with Gasteiger partial charge in [-0.05, 0) is 42.2 Å². The summed E-state index contributed by atoms with van der Waals surface area (Å²) in [5.41, 5.74) is 2.19. The molecule has 0 unspecified atom stereocenters. The standard InChI is InChI=1S/C22H24O2/c23-22(20-9-5-2-6-10-20)16-13-18-11-14-21(15-12-18)24-17-19-7-3-1-4-8-19/h1,3-4,7-8,11-16,20H,2,5-6,9-10,17H2/b16-13+. The summed E-state index contributed by atoms with van der Waals surface area (Å²) in [6, 6.07) is 18.0. The average Bonchev–Trinajstić information content (AvgIpc) is 2.67. The minimum absolute atomic E-state index is 0.239. The Balaban J connectivity index is 1.52. The zero-order valence-corrected chi connectivity index (χ0v) is 14.0. The molecular weight excluding hydrogens is 296 g/mol. The lowest BCUT2D eigenvalue weighted by molar-refractivity contribution is -0.119. The third-order valence-corrected chi connectivity index (χ3v) is 4.58. The van der Waals surface area contributed by atoms with Crippen molar-refractivity contribution >= 4 is 11.9 Å². The summed E-state index contributed by atoms with van der Waals surface area (Å²) in [7, 11) is 0. The molecule has 1 saturated carbocycles. The van der Waals surface area contributed by atoms with E-state index in [0.29, 0.717) is 6.61 Å². The lowest BCUT2D eigenvalue weighted by Gasteiger charge is -2.18. The van der Waals surface area contributed by atoms with Gasteiger partial charge >= 0.3 is 0 Å². The van der Waals surface area contributed by atoms with Crippen LogP contribution in [0.5, 0.6) is 5.75 Å². The van der Waals surface area contributed by atoms with Crippen molar-refractivity contribution in [3.05, 3.63) is 71.8 Å². The predicted octanol–water partition coefficient (Wildman–Crippen LogP) is 5.43. The van der Waals surface area contributed by atoms with E-state index in [4.69, 9.17) is 4.74 Å². The first-order valence-electron chi connectivity index (χ1n) is 8.80. The van der Waals surface area contributed by atoms with Crippen LogP contribution in [0.15, 0.2) is 60.7 Å². The number of carbonyl (C=O) groups is 1. The topological polar surface area (TPSA) is 26.3 Å². The molecule has 124 valence electrons. The van der Waals surface area contributed by atoms with Gasteiger partial charge < -0.3 is 4.74 Å². The van der Waals surface area contributed by atoms with Crippen LogP contribution in [0.25, 0.3) is 6.08 Å².